The molecule has 0 aromatic heterocycles. The third-order valence-corrected chi connectivity index (χ3v) is 1.63. The van der Waals surface area contributed by atoms with Gasteiger partial charge < -0.3 is 30.9 Å². The van der Waals surface area contributed by atoms with Gasteiger partial charge >= 0.3 is 0 Å². The van der Waals surface area contributed by atoms with Gasteiger partial charge in [-0.25, -0.2) is 0 Å². The second-order valence-electron chi connectivity index (χ2n) is 2.46. The quantitative estimate of drug-likeness (QED) is 0.257. The molecule has 0 aromatic rings. The number of rotatable bonds is 0. The van der Waals surface area contributed by atoms with Crippen LogP contribution in [0, 0.1) is 0 Å². The van der Waals surface area contributed by atoms with Crippen LogP contribution in [0.2, 0.25) is 0 Å². The fourth-order valence-corrected chi connectivity index (χ4v) is 0.887. The van der Waals surface area contributed by atoms with Crippen molar-refractivity contribution in [2.24, 2.45) is 5.73 Å². The van der Waals surface area contributed by atoms with Crippen LogP contribution in [0.5, 0.6) is 0 Å². The molecule has 0 bridgehead atoms. The molecule has 6 nitrogen and oxygen atoms in total. The van der Waals surface area contributed by atoms with Gasteiger partial charge in [0.2, 0.25) is 0 Å². The first-order valence-corrected chi connectivity index (χ1v) is 3.17. The highest BCUT2D eigenvalue weighted by molar-refractivity contribution is 4.85. The Morgan fingerprint density at radius 3 is 2.00 bits per heavy atom. The maximum Gasteiger partial charge on any atom is 0.185 e. The van der Waals surface area contributed by atoms with E-state index in [9.17, 15) is 0 Å². The number of hydrogen-bond donors (Lipinski definition) is 5. The van der Waals surface area contributed by atoms with Crippen molar-refractivity contribution in [3.63, 3.8) is 0 Å². The van der Waals surface area contributed by atoms with Gasteiger partial charge in [-0.2, -0.15) is 0 Å². The summed E-state index contributed by atoms with van der Waals surface area (Å²) in [7, 11) is 0. The lowest BCUT2D eigenvalue weighted by molar-refractivity contribution is -0.280. The van der Waals surface area contributed by atoms with Crippen molar-refractivity contribution >= 4 is 0 Å². The molecule has 1 heterocycles. The number of aliphatic hydroxyl groups excluding tert-OH is 4. The normalized spacial score (nSPS) is 52.6. The monoisotopic (exact) mass is 165 g/mol. The van der Waals surface area contributed by atoms with Crippen molar-refractivity contribution in [1.29, 1.82) is 0 Å². The summed E-state index contributed by atoms with van der Waals surface area (Å²) >= 11 is 0. The second-order valence-corrected chi connectivity index (χ2v) is 2.46. The van der Waals surface area contributed by atoms with E-state index < -0.39 is 30.8 Å². The van der Waals surface area contributed by atoms with Crippen LogP contribution in [0.15, 0.2) is 0 Å². The van der Waals surface area contributed by atoms with E-state index in [2.05, 4.69) is 4.74 Å². The third-order valence-electron chi connectivity index (χ3n) is 1.63. The molecule has 5 atom stereocenters. The molecule has 0 unspecified atom stereocenters. The Hall–Kier alpha value is -0.240. The second kappa shape index (κ2) is 3.02. The summed E-state index contributed by atoms with van der Waals surface area (Å²) in [5, 5.41) is 35.6. The molecule has 0 amide bonds. The van der Waals surface area contributed by atoms with Gasteiger partial charge in [0.25, 0.3) is 0 Å². The first-order valence-electron chi connectivity index (χ1n) is 3.17. The molecule has 0 radical (unpaired) electrons. The van der Waals surface area contributed by atoms with E-state index in [0.717, 1.165) is 0 Å². The van der Waals surface area contributed by atoms with Gasteiger partial charge in [-0.1, -0.05) is 0 Å². The fourth-order valence-electron chi connectivity index (χ4n) is 0.887. The SMILES string of the molecule is N[C@H]1O[C@H](O)[C@H](O)[C@@H](O)[C@H]1O. The van der Waals surface area contributed by atoms with Crippen LogP contribution in [-0.2, 0) is 4.74 Å². The number of aliphatic hydroxyl groups is 4. The molecule has 0 aromatic carbocycles. The summed E-state index contributed by atoms with van der Waals surface area (Å²) in [5.41, 5.74) is 5.12. The molecule has 0 saturated carbocycles. The topological polar surface area (TPSA) is 116 Å². The molecule has 1 saturated heterocycles. The molecule has 1 aliphatic rings. The number of nitrogens with two attached hydrogens (primary N) is 1. The van der Waals surface area contributed by atoms with Crippen molar-refractivity contribution in [3.05, 3.63) is 0 Å². The Labute approximate surface area is 62.8 Å². The molecule has 66 valence electrons. The van der Waals surface area contributed by atoms with Gasteiger partial charge in [-0.05, 0) is 0 Å². The van der Waals surface area contributed by atoms with Crippen LogP contribution >= 0.6 is 0 Å². The van der Waals surface area contributed by atoms with Crippen molar-refractivity contribution in [1.82, 2.24) is 0 Å². The zero-order valence-corrected chi connectivity index (χ0v) is 5.66. The lowest BCUT2D eigenvalue weighted by Gasteiger charge is -2.36. The summed E-state index contributed by atoms with van der Waals surface area (Å²) in [6.45, 7) is 0. The summed E-state index contributed by atoms with van der Waals surface area (Å²) in [6.07, 6.45) is -7.04. The summed E-state index contributed by atoms with van der Waals surface area (Å²) in [6, 6.07) is 0. The molecular formula is C5H11NO5. The smallest absolute Gasteiger partial charge is 0.185 e. The molecule has 6 N–H and O–H groups in total. The predicted octanol–water partition coefficient (Wildman–Crippen LogP) is -3.30. The standard InChI is InChI=1S/C5H11NO5/c6-4-2(8)1(7)3(9)5(10)11-4/h1-5,7-10H,6H2/t1-,2+,3+,4-,5-/m0/s1. The maximum atomic E-state index is 8.97. The zero-order valence-electron chi connectivity index (χ0n) is 5.66. The highest BCUT2D eigenvalue weighted by Gasteiger charge is 2.41. The Bertz CT molecular complexity index is 129. The predicted molar refractivity (Wildman–Crippen MR) is 33.1 cm³/mol. The maximum absolute atomic E-state index is 8.97. The molecule has 1 fully saturated rings. The van der Waals surface area contributed by atoms with Crippen molar-refractivity contribution < 1.29 is 25.2 Å². The average molecular weight is 165 g/mol. The van der Waals surface area contributed by atoms with Crippen LogP contribution in [0.3, 0.4) is 0 Å². The molecule has 0 aliphatic carbocycles. The van der Waals surface area contributed by atoms with Crippen molar-refractivity contribution in [2.45, 2.75) is 30.8 Å². The van der Waals surface area contributed by atoms with Gasteiger partial charge in [-0.3, -0.25) is 0 Å². The first-order chi connectivity index (χ1) is 5.04. The molecule has 1 aliphatic heterocycles. The molecule has 1 rings (SSSR count). The lowest BCUT2D eigenvalue weighted by atomic mass is 10.0. The molecule has 0 spiro atoms. The molecule has 11 heavy (non-hydrogen) atoms. The molecular weight excluding hydrogens is 154 g/mol. The number of ether oxygens (including phenoxy) is 1. The van der Waals surface area contributed by atoms with Crippen LogP contribution in [-0.4, -0.2) is 51.3 Å². The fraction of sp³-hybridized carbons (Fsp3) is 1.00. The minimum Gasteiger partial charge on any atom is -0.387 e. The van der Waals surface area contributed by atoms with Crippen LogP contribution in [0.4, 0.5) is 0 Å². The lowest BCUT2D eigenvalue weighted by Crippen LogP contribution is -2.60. The van der Waals surface area contributed by atoms with E-state index in [1.807, 2.05) is 0 Å². The largest absolute Gasteiger partial charge is 0.387 e. The van der Waals surface area contributed by atoms with Crippen LogP contribution < -0.4 is 5.73 Å². The van der Waals surface area contributed by atoms with Gasteiger partial charge in [0.05, 0.1) is 0 Å². The summed E-state index contributed by atoms with van der Waals surface area (Å²) in [4.78, 5) is 0. The van der Waals surface area contributed by atoms with E-state index in [1.54, 1.807) is 0 Å². The summed E-state index contributed by atoms with van der Waals surface area (Å²) in [5.74, 6) is 0. The molecule has 6 heteroatoms. The van der Waals surface area contributed by atoms with Crippen LogP contribution in [0.25, 0.3) is 0 Å². The Morgan fingerprint density at radius 1 is 0.909 bits per heavy atom. The van der Waals surface area contributed by atoms with Crippen molar-refractivity contribution in [3.8, 4) is 0 Å². The van der Waals surface area contributed by atoms with Crippen LogP contribution in [0.1, 0.15) is 0 Å². The average Bonchev–Trinajstić information content (AvgIpc) is 1.97. The van der Waals surface area contributed by atoms with Gasteiger partial charge in [0, 0.05) is 0 Å². The summed E-state index contributed by atoms with van der Waals surface area (Å²) < 4.78 is 4.45. The van der Waals surface area contributed by atoms with Crippen molar-refractivity contribution in [2.75, 3.05) is 0 Å². The van der Waals surface area contributed by atoms with Gasteiger partial charge in [-0.15, -0.1) is 0 Å². The first kappa shape index (κ1) is 8.85. The number of hydrogen-bond acceptors (Lipinski definition) is 6. The van der Waals surface area contributed by atoms with E-state index >= 15 is 0 Å². The van der Waals surface area contributed by atoms with E-state index in [0.29, 0.717) is 0 Å². The Kier molecular flexibility index (Phi) is 2.43. The third kappa shape index (κ3) is 1.51. The van der Waals surface area contributed by atoms with E-state index in [1.165, 1.54) is 0 Å². The highest BCUT2D eigenvalue weighted by Crippen LogP contribution is 2.16. The van der Waals surface area contributed by atoms with E-state index in [-0.39, 0.29) is 0 Å². The Morgan fingerprint density at radius 2 is 1.45 bits per heavy atom. The van der Waals surface area contributed by atoms with Gasteiger partial charge in [0.1, 0.15) is 24.5 Å². The van der Waals surface area contributed by atoms with E-state index in [4.69, 9.17) is 26.2 Å². The van der Waals surface area contributed by atoms with Gasteiger partial charge in [0.15, 0.2) is 6.29 Å². The minimum atomic E-state index is -1.54. The highest BCUT2D eigenvalue weighted by atomic mass is 16.6. The zero-order chi connectivity index (χ0) is 8.59. The Balaban J connectivity index is 2.63. The minimum absolute atomic E-state index is 1.16.